The monoisotopic (exact) mass is 568 g/mol. The number of rotatable bonds is 12. The van der Waals surface area contributed by atoms with Crippen molar-refractivity contribution in [1.29, 1.82) is 0 Å². The highest BCUT2D eigenvalue weighted by atomic mass is 16.6. The number of ether oxygens (including phenoxy) is 4. The maximum Gasteiger partial charge on any atom is 0.150 e. The predicted octanol–water partition coefficient (Wildman–Crippen LogP) is 8.08. The second kappa shape index (κ2) is 14.1. The van der Waals surface area contributed by atoms with Crippen LogP contribution >= 0.6 is 0 Å². The second-order valence-electron chi connectivity index (χ2n) is 10.6. The molecule has 1 aliphatic rings. The number of hydrogen-bond donors (Lipinski definition) is 0. The Bertz CT molecular complexity index is 1440. The standard InChI is InChI=1S/C39H36O4/c1-6-16-31(17-7-1)28-41-36-26-27-40-37(38(36)42-29-32-18-8-2-9-19-32)30-43-39(33-20-10-3-11-21-33,34-22-12-4-13-23-34)35-24-14-5-15-25-35/h1-27,36-38H,28-30H2. The number of benzene rings is 5. The van der Waals surface area contributed by atoms with Crippen molar-refractivity contribution in [2.24, 2.45) is 0 Å². The van der Waals surface area contributed by atoms with Gasteiger partial charge in [-0.25, -0.2) is 0 Å². The van der Waals surface area contributed by atoms with E-state index in [4.69, 9.17) is 18.9 Å². The molecule has 5 aromatic rings. The van der Waals surface area contributed by atoms with Crippen LogP contribution in [-0.2, 0) is 37.8 Å². The molecule has 0 aliphatic carbocycles. The summed E-state index contributed by atoms with van der Waals surface area (Å²) in [6, 6.07) is 51.5. The first-order valence-corrected chi connectivity index (χ1v) is 14.8. The van der Waals surface area contributed by atoms with Crippen molar-refractivity contribution in [2.75, 3.05) is 6.61 Å². The molecule has 1 heterocycles. The first kappa shape index (κ1) is 28.6. The molecule has 216 valence electrons. The summed E-state index contributed by atoms with van der Waals surface area (Å²) in [6.07, 6.45) is 2.54. The first-order valence-electron chi connectivity index (χ1n) is 14.8. The van der Waals surface area contributed by atoms with Gasteiger partial charge in [0.05, 0.1) is 26.1 Å². The van der Waals surface area contributed by atoms with E-state index < -0.39 is 17.8 Å². The third kappa shape index (κ3) is 6.79. The van der Waals surface area contributed by atoms with E-state index in [1.54, 1.807) is 6.26 Å². The summed E-state index contributed by atoms with van der Waals surface area (Å²) >= 11 is 0. The Labute approximate surface area is 254 Å². The Hall–Kier alpha value is -4.48. The summed E-state index contributed by atoms with van der Waals surface area (Å²) in [7, 11) is 0. The van der Waals surface area contributed by atoms with Crippen LogP contribution in [0.3, 0.4) is 0 Å². The zero-order valence-corrected chi connectivity index (χ0v) is 24.1. The number of hydrogen-bond acceptors (Lipinski definition) is 4. The van der Waals surface area contributed by atoms with Gasteiger partial charge in [-0.15, -0.1) is 0 Å². The minimum Gasteiger partial charge on any atom is -0.493 e. The van der Waals surface area contributed by atoms with Crippen LogP contribution in [0.15, 0.2) is 164 Å². The van der Waals surface area contributed by atoms with E-state index >= 15 is 0 Å². The van der Waals surface area contributed by atoms with Crippen molar-refractivity contribution >= 4 is 0 Å². The van der Waals surface area contributed by atoms with Gasteiger partial charge in [0.1, 0.15) is 23.9 Å². The van der Waals surface area contributed by atoms with E-state index in [2.05, 4.69) is 97.1 Å². The smallest absolute Gasteiger partial charge is 0.150 e. The van der Waals surface area contributed by atoms with E-state index in [0.29, 0.717) is 13.2 Å². The predicted molar refractivity (Wildman–Crippen MR) is 169 cm³/mol. The third-order valence-corrected chi connectivity index (χ3v) is 7.79. The fraction of sp³-hybridized carbons (Fsp3) is 0.179. The quantitative estimate of drug-likeness (QED) is 0.143. The second-order valence-corrected chi connectivity index (χ2v) is 10.6. The Morgan fingerprint density at radius 1 is 0.512 bits per heavy atom. The highest BCUT2D eigenvalue weighted by molar-refractivity contribution is 5.47. The van der Waals surface area contributed by atoms with Crippen LogP contribution in [0.5, 0.6) is 0 Å². The summed E-state index contributed by atoms with van der Waals surface area (Å²) in [6.45, 7) is 1.18. The van der Waals surface area contributed by atoms with Gasteiger partial charge in [0.15, 0.2) is 0 Å². The van der Waals surface area contributed by atoms with Gasteiger partial charge in [-0.05, 0) is 33.9 Å². The van der Waals surface area contributed by atoms with Crippen molar-refractivity contribution in [2.45, 2.75) is 37.1 Å². The molecular formula is C39H36O4. The van der Waals surface area contributed by atoms with E-state index in [9.17, 15) is 0 Å². The normalized spacial score (nSPS) is 18.2. The van der Waals surface area contributed by atoms with Crippen LogP contribution in [0, 0.1) is 0 Å². The highest BCUT2D eigenvalue weighted by Gasteiger charge is 2.41. The van der Waals surface area contributed by atoms with Gasteiger partial charge in [0, 0.05) is 0 Å². The SMILES string of the molecule is C1=CC(OCc2ccccc2)C(OCc2ccccc2)C(COC(c2ccccc2)(c2ccccc2)c2ccccc2)O1. The maximum absolute atomic E-state index is 7.13. The van der Waals surface area contributed by atoms with E-state index in [1.165, 1.54) is 0 Å². The summed E-state index contributed by atoms with van der Waals surface area (Å²) in [5.74, 6) is 0. The lowest BCUT2D eigenvalue weighted by molar-refractivity contribution is -0.156. The van der Waals surface area contributed by atoms with E-state index in [0.717, 1.165) is 27.8 Å². The molecule has 0 saturated carbocycles. The molecule has 0 amide bonds. The molecule has 6 rings (SSSR count). The average molecular weight is 569 g/mol. The van der Waals surface area contributed by atoms with Crippen molar-refractivity contribution in [3.63, 3.8) is 0 Å². The summed E-state index contributed by atoms with van der Waals surface area (Å²) in [5, 5.41) is 0. The van der Waals surface area contributed by atoms with Gasteiger partial charge in [0.25, 0.3) is 0 Å². The van der Waals surface area contributed by atoms with Crippen molar-refractivity contribution in [3.8, 4) is 0 Å². The Kier molecular flexibility index (Phi) is 9.41. The summed E-state index contributed by atoms with van der Waals surface area (Å²) in [4.78, 5) is 0. The Balaban J connectivity index is 1.32. The van der Waals surface area contributed by atoms with Gasteiger partial charge in [-0.1, -0.05) is 152 Å². The fourth-order valence-corrected chi connectivity index (χ4v) is 5.62. The lowest BCUT2D eigenvalue weighted by atomic mass is 9.80. The highest BCUT2D eigenvalue weighted by Crippen LogP contribution is 2.41. The molecule has 5 aromatic carbocycles. The van der Waals surface area contributed by atoms with Crippen molar-refractivity contribution in [1.82, 2.24) is 0 Å². The largest absolute Gasteiger partial charge is 0.493 e. The molecular weight excluding hydrogens is 532 g/mol. The topological polar surface area (TPSA) is 36.9 Å². The fourth-order valence-electron chi connectivity index (χ4n) is 5.62. The average Bonchev–Trinajstić information content (AvgIpc) is 3.09. The molecule has 0 spiro atoms. The van der Waals surface area contributed by atoms with Crippen molar-refractivity contribution < 1.29 is 18.9 Å². The lowest BCUT2D eigenvalue weighted by Crippen LogP contribution is -2.47. The minimum atomic E-state index is -0.862. The molecule has 0 N–H and O–H groups in total. The van der Waals surface area contributed by atoms with Crippen LogP contribution in [0.2, 0.25) is 0 Å². The molecule has 3 unspecified atom stereocenters. The van der Waals surface area contributed by atoms with Gasteiger partial charge in [-0.3, -0.25) is 0 Å². The van der Waals surface area contributed by atoms with Crippen LogP contribution in [0.25, 0.3) is 0 Å². The summed E-state index contributed by atoms with van der Waals surface area (Å²) < 4.78 is 26.4. The summed E-state index contributed by atoms with van der Waals surface area (Å²) in [5.41, 5.74) is 4.45. The van der Waals surface area contributed by atoms with Gasteiger partial charge >= 0.3 is 0 Å². The zero-order chi connectivity index (χ0) is 29.2. The van der Waals surface area contributed by atoms with Crippen LogP contribution in [-0.4, -0.2) is 24.9 Å². The molecule has 0 aromatic heterocycles. The van der Waals surface area contributed by atoms with Gasteiger partial charge < -0.3 is 18.9 Å². The Morgan fingerprint density at radius 3 is 1.40 bits per heavy atom. The first-order chi connectivity index (χ1) is 21.3. The molecule has 0 saturated heterocycles. The Morgan fingerprint density at radius 2 is 0.930 bits per heavy atom. The van der Waals surface area contributed by atoms with Crippen molar-refractivity contribution in [3.05, 3.63) is 192 Å². The molecule has 4 heteroatoms. The third-order valence-electron chi connectivity index (χ3n) is 7.79. The van der Waals surface area contributed by atoms with E-state index in [-0.39, 0.29) is 12.7 Å². The minimum absolute atomic E-state index is 0.272. The molecule has 0 fully saturated rings. The van der Waals surface area contributed by atoms with Crippen LogP contribution in [0.1, 0.15) is 27.8 Å². The molecule has 3 atom stereocenters. The van der Waals surface area contributed by atoms with E-state index in [1.807, 2.05) is 60.7 Å². The molecule has 0 radical (unpaired) electrons. The molecule has 1 aliphatic heterocycles. The molecule has 43 heavy (non-hydrogen) atoms. The molecule has 4 nitrogen and oxygen atoms in total. The van der Waals surface area contributed by atoms with Crippen LogP contribution in [0.4, 0.5) is 0 Å². The van der Waals surface area contributed by atoms with Gasteiger partial charge in [-0.2, -0.15) is 0 Å². The lowest BCUT2D eigenvalue weighted by Gasteiger charge is -2.40. The zero-order valence-electron chi connectivity index (χ0n) is 24.1. The maximum atomic E-state index is 7.13. The molecule has 0 bridgehead atoms. The van der Waals surface area contributed by atoms with Crippen LogP contribution < -0.4 is 0 Å². The van der Waals surface area contributed by atoms with Gasteiger partial charge in [0.2, 0.25) is 0 Å².